The minimum absolute atomic E-state index is 0.0125. The predicted molar refractivity (Wildman–Crippen MR) is 184 cm³/mol. The van der Waals surface area contributed by atoms with Crippen molar-refractivity contribution in [2.45, 2.75) is 138 Å². The molecule has 1 aromatic rings. The average molecular weight is 638 g/mol. The van der Waals surface area contributed by atoms with Crippen LogP contribution in [0, 0.1) is 50.7 Å². The highest BCUT2D eigenvalue weighted by atomic mass is 35.5. The molecule has 0 bridgehead atoms. The van der Waals surface area contributed by atoms with Crippen molar-refractivity contribution in [2.24, 2.45) is 50.7 Å². The molecule has 2 unspecified atom stereocenters. The van der Waals surface area contributed by atoms with E-state index >= 15 is 0 Å². The van der Waals surface area contributed by atoms with Crippen molar-refractivity contribution in [1.82, 2.24) is 5.32 Å². The minimum atomic E-state index is -0.378. The molecule has 6 rings (SSSR count). The van der Waals surface area contributed by atoms with E-state index in [-0.39, 0.29) is 45.3 Å². The maximum Gasteiger partial charge on any atom is 0.302 e. The quantitative estimate of drug-likeness (QED) is 0.231. The Balaban J connectivity index is 1.28. The van der Waals surface area contributed by atoms with Gasteiger partial charge in [0.1, 0.15) is 6.10 Å². The van der Waals surface area contributed by atoms with E-state index in [1.807, 2.05) is 12.1 Å². The molecule has 250 valence electrons. The van der Waals surface area contributed by atoms with E-state index in [0.29, 0.717) is 30.2 Å². The van der Waals surface area contributed by atoms with Gasteiger partial charge in [-0.05, 0) is 122 Å². The summed E-state index contributed by atoms with van der Waals surface area (Å²) in [5.74, 6) is 2.17. The van der Waals surface area contributed by atoms with Crippen LogP contribution in [0.1, 0.15) is 125 Å². The van der Waals surface area contributed by atoms with Crippen LogP contribution in [-0.4, -0.2) is 29.8 Å². The van der Waals surface area contributed by atoms with Gasteiger partial charge in [-0.15, -0.1) is 0 Å². The zero-order valence-corrected chi connectivity index (χ0v) is 30.2. The topological polar surface area (TPSA) is 58.6 Å². The Morgan fingerprint density at radius 3 is 2.31 bits per heavy atom. The molecule has 0 saturated heterocycles. The molecule has 0 spiro atoms. The molecule has 1 aromatic carbocycles. The van der Waals surface area contributed by atoms with Crippen molar-refractivity contribution in [3.63, 3.8) is 0 Å². The van der Waals surface area contributed by atoms with Gasteiger partial charge in [0.25, 0.3) is 0 Å². The van der Waals surface area contributed by atoms with Crippen LogP contribution in [0.25, 0.3) is 0 Å². The molecule has 9 atom stereocenters. The van der Waals surface area contributed by atoms with Gasteiger partial charge >= 0.3 is 5.97 Å². The lowest BCUT2D eigenvalue weighted by Gasteiger charge is -2.72. The summed E-state index contributed by atoms with van der Waals surface area (Å²) in [6.45, 7) is 20.4. The summed E-state index contributed by atoms with van der Waals surface area (Å²) in [6.07, 6.45) is 11.3. The van der Waals surface area contributed by atoms with Crippen molar-refractivity contribution in [2.75, 3.05) is 6.54 Å². The highest BCUT2D eigenvalue weighted by Gasteiger charge is 2.70. The second kappa shape index (κ2) is 11.7. The Kier molecular flexibility index (Phi) is 8.69. The lowest BCUT2D eigenvalue weighted by molar-refractivity contribution is -0.234. The monoisotopic (exact) mass is 637 g/mol. The van der Waals surface area contributed by atoms with Crippen LogP contribution in [0.3, 0.4) is 0 Å². The molecular formula is C40H60ClNO3. The van der Waals surface area contributed by atoms with Crippen LogP contribution >= 0.6 is 11.6 Å². The Labute approximate surface area is 278 Å². The number of aliphatic hydroxyl groups excluding tert-OH is 1. The zero-order chi connectivity index (χ0) is 32.6. The van der Waals surface area contributed by atoms with E-state index < -0.39 is 0 Å². The highest BCUT2D eigenvalue weighted by molar-refractivity contribution is 6.30. The maximum atomic E-state index is 12.1. The van der Waals surface area contributed by atoms with Crippen molar-refractivity contribution in [1.29, 1.82) is 0 Å². The van der Waals surface area contributed by atoms with Crippen molar-refractivity contribution >= 4 is 17.6 Å². The molecule has 0 heterocycles. The van der Waals surface area contributed by atoms with E-state index in [4.69, 9.17) is 16.3 Å². The summed E-state index contributed by atoms with van der Waals surface area (Å²) in [5, 5.41) is 16.5. The van der Waals surface area contributed by atoms with Crippen LogP contribution in [-0.2, 0) is 16.1 Å². The lowest BCUT2D eigenvalue weighted by atomic mass is 9.33. The van der Waals surface area contributed by atoms with Gasteiger partial charge in [-0.25, -0.2) is 0 Å². The smallest absolute Gasteiger partial charge is 0.302 e. The second-order valence-electron chi connectivity index (χ2n) is 17.6. The molecule has 4 saturated carbocycles. The zero-order valence-electron chi connectivity index (χ0n) is 29.4. The summed E-state index contributed by atoms with van der Waals surface area (Å²) >= 11 is 6.11. The molecular weight excluding hydrogens is 578 g/mol. The number of rotatable bonds is 7. The molecule has 0 aromatic heterocycles. The van der Waals surface area contributed by atoms with Gasteiger partial charge in [-0.2, -0.15) is 0 Å². The van der Waals surface area contributed by atoms with Gasteiger partial charge in [0, 0.05) is 35.9 Å². The van der Waals surface area contributed by atoms with Crippen LogP contribution in [0.2, 0.25) is 5.02 Å². The minimum Gasteiger partial charge on any atom is -0.462 e. The Bertz CT molecular complexity index is 1320. The van der Waals surface area contributed by atoms with E-state index in [9.17, 15) is 9.90 Å². The summed E-state index contributed by atoms with van der Waals surface area (Å²) < 4.78 is 5.96. The SMILES string of the molecule is CC(=O)O[C@H]1CC[C@]2(C)[C@H]3CC[C@@H]4C5=C(C(C)C)CCC5(C(O)CNCc5ccc(Cl)cc5)CC[C@@]4(C)[C@]3(C)CC[C@H]2C1(C)C. The van der Waals surface area contributed by atoms with E-state index in [2.05, 4.69) is 65.9 Å². The van der Waals surface area contributed by atoms with Crippen LogP contribution < -0.4 is 5.32 Å². The number of allylic oxidation sites excluding steroid dienone is 1. The summed E-state index contributed by atoms with van der Waals surface area (Å²) in [7, 11) is 0. The number of esters is 1. The number of halogens is 1. The first-order chi connectivity index (χ1) is 21.1. The molecule has 5 aliphatic carbocycles. The van der Waals surface area contributed by atoms with Crippen molar-refractivity contribution in [3.05, 3.63) is 46.0 Å². The molecule has 0 amide bonds. The normalized spacial score (nSPS) is 41.1. The molecule has 4 nitrogen and oxygen atoms in total. The third-order valence-electron chi connectivity index (χ3n) is 15.2. The molecule has 2 N–H and O–H groups in total. The fraction of sp³-hybridized carbons (Fsp3) is 0.775. The standard InChI is InChI=1S/C40H60ClNO3/c1-25(2)29-15-20-40(33(44)24-42-23-27-9-11-28(41)12-10-27)22-21-38(7)30(35(29)40)13-14-32-37(6)18-17-34(45-26(3)43)36(4,5)31(37)16-19-39(32,38)8/h9-12,25,30-34,42,44H,13-24H2,1-8H3/t30-,31+,32-,33?,34+,37+,38-,39-,40?/m1/s1. The first-order valence-electron chi connectivity index (χ1n) is 18.1. The third-order valence-corrected chi connectivity index (χ3v) is 15.4. The fourth-order valence-electron chi connectivity index (χ4n) is 12.8. The number of hydrogen-bond donors (Lipinski definition) is 2. The predicted octanol–water partition coefficient (Wildman–Crippen LogP) is 9.52. The van der Waals surface area contributed by atoms with Crippen LogP contribution in [0.4, 0.5) is 0 Å². The number of carbonyl (C=O) groups excluding carboxylic acids is 1. The maximum absolute atomic E-state index is 12.1. The third kappa shape index (κ3) is 5.09. The van der Waals surface area contributed by atoms with Crippen molar-refractivity contribution < 1.29 is 14.6 Å². The van der Waals surface area contributed by atoms with Gasteiger partial charge in [0.2, 0.25) is 0 Å². The van der Waals surface area contributed by atoms with Gasteiger partial charge < -0.3 is 15.2 Å². The molecule has 45 heavy (non-hydrogen) atoms. The van der Waals surface area contributed by atoms with E-state index in [0.717, 1.165) is 43.7 Å². The largest absolute Gasteiger partial charge is 0.462 e. The molecule has 0 aliphatic heterocycles. The Morgan fingerprint density at radius 2 is 1.64 bits per heavy atom. The first-order valence-corrected chi connectivity index (χ1v) is 18.5. The van der Waals surface area contributed by atoms with Gasteiger partial charge in [0.15, 0.2) is 0 Å². The fourth-order valence-corrected chi connectivity index (χ4v) is 12.9. The van der Waals surface area contributed by atoms with Gasteiger partial charge in [-0.1, -0.05) is 83.3 Å². The van der Waals surface area contributed by atoms with Gasteiger partial charge in [0.05, 0.1) is 6.10 Å². The number of benzene rings is 1. The molecule has 5 aliphatic rings. The average Bonchev–Trinajstić information content (AvgIpc) is 3.37. The Hall–Kier alpha value is -1.36. The molecule has 0 radical (unpaired) electrons. The second-order valence-corrected chi connectivity index (χ2v) is 18.0. The number of carbonyl (C=O) groups is 1. The number of hydrogen-bond acceptors (Lipinski definition) is 4. The van der Waals surface area contributed by atoms with E-state index in [1.165, 1.54) is 37.7 Å². The van der Waals surface area contributed by atoms with Crippen molar-refractivity contribution in [3.8, 4) is 0 Å². The number of ether oxygens (including phenoxy) is 1. The number of nitrogens with one attached hydrogen (secondary N) is 1. The first kappa shape index (κ1) is 33.5. The van der Waals surface area contributed by atoms with Crippen LogP contribution in [0.15, 0.2) is 35.4 Å². The highest BCUT2D eigenvalue weighted by Crippen LogP contribution is 2.77. The van der Waals surface area contributed by atoms with Crippen LogP contribution in [0.5, 0.6) is 0 Å². The lowest BCUT2D eigenvalue weighted by Crippen LogP contribution is -2.66. The number of aliphatic hydroxyl groups is 1. The summed E-state index contributed by atoms with van der Waals surface area (Å²) in [4.78, 5) is 12.0. The Morgan fingerprint density at radius 1 is 0.933 bits per heavy atom. The molecule has 4 fully saturated rings. The number of fused-ring (bicyclic) bond motifs is 7. The summed E-state index contributed by atoms with van der Waals surface area (Å²) in [5.41, 5.74) is 5.16. The van der Waals surface area contributed by atoms with Gasteiger partial charge in [-0.3, -0.25) is 4.79 Å². The summed E-state index contributed by atoms with van der Waals surface area (Å²) in [6, 6.07) is 8.03. The van der Waals surface area contributed by atoms with E-state index in [1.54, 1.807) is 18.1 Å². The molecule has 5 heteroatoms.